The van der Waals surface area contributed by atoms with Gasteiger partial charge in [0.2, 0.25) is 5.91 Å². The Kier molecular flexibility index (Phi) is 5.63. The summed E-state index contributed by atoms with van der Waals surface area (Å²) in [4.78, 5) is 31.5. The minimum absolute atomic E-state index is 0.0562. The largest absolute Gasteiger partial charge is 0.325 e. The van der Waals surface area contributed by atoms with Crippen molar-refractivity contribution in [3.8, 4) is 6.07 Å². The van der Waals surface area contributed by atoms with Gasteiger partial charge in [0, 0.05) is 17.1 Å². The van der Waals surface area contributed by atoms with Crippen molar-refractivity contribution in [3.63, 3.8) is 0 Å². The van der Waals surface area contributed by atoms with Gasteiger partial charge in [-0.15, -0.1) is 11.3 Å². The average Bonchev–Trinajstić information content (AvgIpc) is 2.95. The minimum Gasteiger partial charge on any atom is -0.325 e. The van der Waals surface area contributed by atoms with Crippen molar-refractivity contribution in [2.75, 3.05) is 11.1 Å². The molecule has 1 aromatic carbocycles. The molecular weight excluding hydrogens is 380 g/mol. The van der Waals surface area contributed by atoms with E-state index < -0.39 is 0 Å². The van der Waals surface area contributed by atoms with Crippen molar-refractivity contribution in [1.82, 2.24) is 9.55 Å². The summed E-state index contributed by atoms with van der Waals surface area (Å²) < 4.78 is 1.61. The number of thioether (sulfide) groups is 1. The molecule has 0 unspecified atom stereocenters. The van der Waals surface area contributed by atoms with Gasteiger partial charge in [0.1, 0.15) is 4.83 Å². The first-order chi connectivity index (χ1) is 12.9. The summed E-state index contributed by atoms with van der Waals surface area (Å²) in [5.41, 5.74) is 2.08. The van der Waals surface area contributed by atoms with Crippen LogP contribution < -0.4 is 10.9 Å². The van der Waals surface area contributed by atoms with Crippen molar-refractivity contribution in [1.29, 1.82) is 5.26 Å². The molecule has 1 N–H and O–H groups in total. The number of thiophene rings is 1. The van der Waals surface area contributed by atoms with Crippen molar-refractivity contribution < 1.29 is 4.79 Å². The standard InChI is InChI=1S/C19H18N4O2S2/c1-4-23-18(25)16-11(2)12(3)27-17(16)22-19(23)26-10-15(24)21-14-7-5-13(9-20)6-8-14/h5-8H,4,10H2,1-3H3,(H,21,24). The summed E-state index contributed by atoms with van der Waals surface area (Å²) in [6.45, 7) is 6.31. The number of aromatic nitrogens is 2. The predicted octanol–water partition coefficient (Wildman–Crippen LogP) is 3.70. The fourth-order valence-corrected chi connectivity index (χ4v) is 4.59. The van der Waals surface area contributed by atoms with Crippen LogP contribution in [-0.2, 0) is 11.3 Å². The number of nitriles is 1. The summed E-state index contributed by atoms with van der Waals surface area (Å²) in [5.74, 6) is -0.0540. The molecule has 27 heavy (non-hydrogen) atoms. The predicted molar refractivity (Wildman–Crippen MR) is 110 cm³/mol. The number of hydrogen-bond donors (Lipinski definition) is 1. The Morgan fingerprint density at radius 1 is 1.33 bits per heavy atom. The number of benzene rings is 1. The van der Waals surface area contributed by atoms with E-state index in [9.17, 15) is 9.59 Å². The maximum Gasteiger partial charge on any atom is 0.263 e. The lowest BCUT2D eigenvalue weighted by Gasteiger charge is -2.10. The van der Waals surface area contributed by atoms with E-state index in [0.717, 1.165) is 15.3 Å². The first-order valence-electron chi connectivity index (χ1n) is 8.38. The number of aryl methyl sites for hydroxylation is 2. The molecule has 1 amide bonds. The number of rotatable bonds is 5. The Bertz CT molecular complexity index is 1110. The second-order valence-corrected chi connectivity index (χ2v) is 8.08. The molecule has 3 rings (SSSR count). The lowest BCUT2D eigenvalue weighted by atomic mass is 10.2. The maximum absolute atomic E-state index is 12.8. The molecule has 6 nitrogen and oxygen atoms in total. The smallest absolute Gasteiger partial charge is 0.263 e. The van der Waals surface area contributed by atoms with E-state index >= 15 is 0 Å². The maximum atomic E-state index is 12.8. The minimum atomic E-state index is -0.194. The van der Waals surface area contributed by atoms with Gasteiger partial charge in [-0.2, -0.15) is 5.26 Å². The van der Waals surface area contributed by atoms with E-state index in [1.807, 2.05) is 26.8 Å². The average molecular weight is 399 g/mol. The fraction of sp³-hybridized carbons (Fsp3) is 0.263. The van der Waals surface area contributed by atoms with E-state index in [2.05, 4.69) is 10.3 Å². The SMILES string of the molecule is CCn1c(SCC(=O)Nc2ccc(C#N)cc2)nc2sc(C)c(C)c2c1=O. The Morgan fingerprint density at radius 3 is 2.67 bits per heavy atom. The number of anilines is 1. The Labute approximate surface area is 164 Å². The van der Waals surface area contributed by atoms with Gasteiger partial charge in [0.05, 0.1) is 22.8 Å². The monoisotopic (exact) mass is 398 g/mol. The van der Waals surface area contributed by atoms with Gasteiger partial charge in [-0.3, -0.25) is 14.2 Å². The van der Waals surface area contributed by atoms with Crippen LogP contribution in [-0.4, -0.2) is 21.2 Å². The van der Waals surface area contributed by atoms with E-state index in [1.165, 1.54) is 23.1 Å². The quantitative estimate of drug-likeness (QED) is 0.523. The van der Waals surface area contributed by atoms with Crippen molar-refractivity contribution in [3.05, 3.63) is 50.6 Å². The Hall–Kier alpha value is -2.63. The lowest BCUT2D eigenvalue weighted by molar-refractivity contribution is -0.113. The molecule has 0 saturated heterocycles. The number of carbonyl (C=O) groups excluding carboxylic acids is 1. The van der Waals surface area contributed by atoms with Crippen LogP contribution in [0.2, 0.25) is 0 Å². The molecule has 0 aliphatic rings. The van der Waals surface area contributed by atoms with Crippen LogP contribution in [0.4, 0.5) is 5.69 Å². The first kappa shape index (κ1) is 19.1. The molecule has 0 spiro atoms. The van der Waals surface area contributed by atoms with Crippen molar-refractivity contribution in [2.24, 2.45) is 0 Å². The zero-order valence-electron chi connectivity index (χ0n) is 15.2. The molecule has 0 bridgehead atoms. The van der Waals surface area contributed by atoms with E-state index in [-0.39, 0.29) is 17.2 Å². The normalized spacial score (nSPS) is 10.7. The summed E-state index contributed by atoms with van der Waals surface area (Å²) in [6, 6.07) is 8.70. The van der Waals surface area contributed by atoms with Gasteiger partial charge >= 0.3 is 0 Å². The molecule has 0 fully saturated rings. The van der Waals surface area contributed by atoms with Gasteiger partial charge < -0.3 is 5.32 Å². The summed E-state index contributed by atoms with van der Waals surface area (Å²) in [6.07, 6.45) is 0. The zero-order valence-corrected chi connectivity index (χ0v) is 16.8. The number of fused-ring (bicyclic) bond motifs is 1. The van der Waals surface area contributed by atoms with Crippen LogP contribution in [0.15, 0.2) is 34.2 Å². The molecule has 8 heteroatoms. The third-order valence-corrected chi connectivity index (χ3v) is 6.28. The van der Waals surface area contributed by atoms with Gasteiger partial charge in [-0.05, 0) is 50.6 Å². The summed E-state index contributed by atoms with van der Waals surface area (Å²) in [5, 5.41) is 12.8. The zero-order chi connectivity index (χ0) is 19.6. The number of hydrogen-bond acceptors (Lipinski definition) is 6. The first-order valence-corrected chi connectivity index (χ1v) is 10.2. The van der Waals surface area contributed by atoms with Crippen LogP contribution in [0.3, 0.4) is 0 Å². The highest BCUT2D eigenvalue weighted by atomic mass is 32.2. The molecule has 0 aliphatic heterocycles. The number of nitrogens with one attached hydrogen (secondary N) is 1. The van der Waals surface area contributed by atoms with Gasteiger partial charge in [0.15, 0.2) is 5.16 Å². The molecule has 0 saturated carbocycles. The number of nitrogens with zero attached hydrogens (tertiary/aromatic N) is 3. The molecular formula is C19H18N4O2S2. The molecule has 0 atom stereocenters. The van der Waals surface area contributed by atoms with Crippen LogP contribution in [0, 0.1) is 25.2 Å². The molecule has 3 aromatic rings. The molecule has 138 valence electrons. The van der Waals surface area contributed by atoms with Crippen LogP contribution in [0.1, 0.15) is 22.9 Å². The van der Waals surface area contributed by atoms with E-state index in [4.69, 9.17) is 5.26 Å². The van der Waals surface area contributed by atoms with Gasteiger partial charge in [-0.1, -0.05) is 11.8 Å². The van der Waals surface area contributed by atoms with E-state index in [1.54, 1.807) is 28.8 Å². The Balaban J connectivity index is 1.78. The molecule has 2 heterocycles. The van der Waals surface area contributed by atoms with Crippen molar-refractivity contribution >= 4 is 44.9 Å². The fourth-order valence-electron chi connectivity index (χ4n) is 2.65. The van der Waals surface area contributed by atoms with Gasteiger partial charge in [0.25, 0.3) is 5.56 Å². The van der Waals surface area contributed by atoms with Crippen LogP contribution >= 0.6 is 23.1 Å². The highest BCUT2D eigenvalue weighted by Crippen LogP contribution is 2.28. The molecule has 2 aromatic heterocycles. The Morgan fingerprint density at radius 2 is 2.04 bits per heavy atom. The molecule has 0 aliphatic carbocycles. The number of amides is 1. The third kappa shape index (κ3) is 3.89. The third-order valence-electron chi connectivity index (χ3n) is 4.20. The van der Waals surface area contributed by atoms with Crippen molar-refractivity contribution in [2.45, 2.75) is 32.5 Å². The number of carbonyl (C=O) groups is 1. The molecule has 0 radical (unpaired) electrons. The highest BCUT2D eigenvalue weighted by molar-refractivity contribution is 7.99. The summed E-state index contributed by atoms with van der Waals surface area (Å²) >= 11 is 2.75. The van der Waals surface area contributed by atoms with E-state index in [0.29, 0.717) is 28.3 Å². The second-order valence-electron chi connectivity index (χ2n) is 5.93. The highest BCUT2D eigenvalue weighted by Gasteiger charge is 2.16. The van der Waals surface area contributed by atoms with Gasteiger partial charge in [-0.25, -0.2) is 4.98 Å². The van der Waals surface area contributed by atoms with Crippen LogP contribution in [0.5, 0.6) is 0 Å². The lowest BCUT2D eigenvalue weighted by Crippen LogP contribution is -2.23. The van der Waals surface area contributed by atoms with Crippen LogP contribution in [0.25, 0.3) is 10.2 Å². The topological polar surface area (TPSA) is 87.8 Å². The summed E-state index contributed by atoms with van der Waals surface area (Å²) in [7, 11) is 0. The second kappa shape index (κ2) is 7.94.